The molecular formula is C36H29FN2. The van der Waals surface area contributed by atoms with E-state index in [9.17, 15) is 4.39 Å². The van der Waals surface area contributed by atoms with Gasteiger partial charge in [0.15, 0.2) is 0 Å². The quantitative estimate of drug-likeness (QED) is 0.239. The van der Waals surface area contributed by atoms with Gasteiger partial charge in [0.1, 0.15) is 5.82 Å². The molecule has 0 N–H and O–H groups in total. The molecule has 0 fully saturated rings. The van der Waals surface area contributed by atoms with Crippen molar-refractivity contribution in [1.82, 2.24) is 0 Å². The van der Waals surface area contributed by atoms with Crippen LogP contribution >= 0.6 is 0 Å². The van der Waals surface area contributed by atoms with Gasteiger partial charge in [0.05, 0.1) is 17.1 Å². The minimum absolute atomic E-state index is 0.185. The van der Waals surface area contributed by atoms with Crippen LogP contribution in [0.2, 0.25) is 0 Å². The Morgan fingerprint density at radius 3 is 2.05 bits per heavy atom. The van der Waals surface area contributed by atoms with Gasteiger partial charge >= 0.3 is 0 Å². The van der Waals surface area contributed by atoms with E-state index in [4.69, 9.17) is 0 Å². The summed E-state index contributed by atoms with van der Waals surface area (Å²) in [6.45, 7) is 9.21. The number of para-hydroxylation sites is 2. The summed E-state index contributed by atoms with van der Waals surface area (Å²) in [6, 6.07) is 41.2. The maximum absolute atomic E-state index is 13.9. The Hall–Kier alpha value is -4.55. The molecule has 0 bridgehead atoms. The number of benzene rings is 4. The molecule has 7 rings (SSSR count). The zero-order valence-electron chi connectivity index (χ0n) is 22.6. The summed E-state index contributed by atoms with van der Waals surface area (Å²) < 4.78 is 13.9. The van der Waals surface area contributed by atoms with Crippen molar-refractivity contribution >= 4 is 34.1 Å². The van der Waals surface area contributed by atoms with Gasteiger partial charge in [-0.2, -0.15) is 0 Å². The molecule has 0 aliphatic carbocycles. The van der Waals surface area contributed by atoms with Crippen molar-refractivity contribution in [2.45, 2.75) is 38.5 Å². The van der Waals surface area contributed by atoms with Crippen LogP contribution in [0.15, 0.2) is 103 Å². The van der Waals surface area contributed by atoms with Gasteiger partial charge in [0.25, 0.3) is 0 Å². The molecule has 5 aromatic rings. The lowest BCUT2D eigenvalue weighted by atomic mass is 9.66. The van der Waals surface area contributed by atoms with Gasteiger partial charge in [-0.05, 0) is 83.4 Å². The second-order valence-electron chi connectivity index (χ2n) is 11.5. The van der Waals surface area contributed by atoms with Gasteiger partial charge in [-0.1, -0.05) is 76.2 Å². The van der Waals surface area contributed by atoms with Crippen LogP contribution in [-0.2, 0) is 10.8 Å². The lowest BCUT2D eigenvalue weighted by Crippen LogP contribution is -2.38. The Morgan fingerprint density at radius 1 is 0.641 bits per heavy atom. The van der Waals surface area contributed by atoms with Crippen LogP contribution in [0, 0.1) is 17.9 Å². The topological polar surface area (TPSA) is 6.48 Å². The number of rotatable bonds is 3. The third kappa shape index (κ3) is 3.35. The third-order valence-corrected chi connectivity index (χ3v) is 8.50. The van der Waals surface area contributed by atoms with E-state index in [1.807, 2.05) is 36.4 Å². The molecule has 3 heteroatoms. The Morgan fingerprint density at radius 2 is 1.31 bits per heavy atom. The summed E-state index contributed by atoms with van der Waals surface area (Å²) in [7, 11) is 0. The summed E-state index contributed by atoms with van der Waals surface area (Å²) >= 11 is 0. The van der Waals surface area contributed by atoms with Crippen LogP contribution in [-0.4, -0.2) is 0 Å². The highest BCUT2D eigenvalue weighted by Crippen LogP contribution is 2.60. The predicted octanol–water partition coefficient (Wildman–Crippen LogP) is 9.64. The molecule has 0 amide bonds. The number of fused-ring (bicyclic) bond motifs is 4. The molecule has 0 atom stereocenters. The molecule has 0 saturated heterocycles. The number of nitrogens with zero attached hydrogens (tertiary/aromatic N) is 2. The van der Waals surface area contributed by atoms with Crippen molar-refractivity contribution in [3.05, 3.63) is 143 Å². The number of halogens is 1. The highest BCUT2D eigenvalue weighted by Gasteiger charge is 2.45. The maximum Gasteiger partial charge on any atom is 0.123 e. The minimum Gasteiger partial charge on any atom is -0.310 e. The third-order valence-electron chi connectivity index (χ3n) is 8.50. The van der Waals surface area contributed by atoms with E-state index in [0.29, 0.717) is 0 Å². The SMILES string of the molecule is CC1(C)c2c#cccc2N2c3ccc(N(c4ccccc4)c4ccc(F)cc4)cc3C(C)(C)c3cccc1c32. The lowest BCUT2D eigenvalue weighted by Gasteiger charge is -2.49. The van der Waals surface area contributed by atoms with E-state index in [-0.39, 0.29) is 16.6 Å². The molecule has 2 nitrogen and oxygen atoms in total. The Kier molecular flexibility index (Phi) is 4.97. The summed E-state index contributed by atoms with van der Waals surface area (Å²) in [6.07, 6.45) is 0. The molecule has 2 aliphatic heterocycles. The molecule has 5 aromatic carbocycles. The average Bonchev–Trinajstić information content (AvgIpc) is 2.95. The van der Waals surface area contributed by atoms with E-state index in [2.05, 4.69) is 104 Å². The second-order valence-corrected chi connectivity index (χ2v) is 11.5. The summed E-state index contributed by atoms with van der Waals surface area (Å²) in [4.78, 5) is 4.61. The maximum atomic E-state index is 13.9. The van der Waals surface area contributed by atoms with Gasteiger partial charge in [-0.25, -0.2) is 4.39 Å². The molecule has 0 radical (unpaired) electrons. The van der Waals surface area contributed by atoms with E-state index in [0.717, 1.165) is 28.3 Å². The van der Waals surface area contributed by atoms with Gasteiger partial charge in [0.2, 0.25) is 0 Å². The minimum atomic E-state index is -0.244. The van der Waals surface area contributed by atoms with E-state index < -0.39 is 0 Å². The monoisotopic (exact) mass is 508 g/mol. The first-order valence-electron chi connectivity index (χ1n) is 13.4. The Balaban J connectivity index is 1.48. The Labute approximate surface area is 230 Å². The van der Waals surface area contributed by atoms with E-state index in [1.165, 1.54) is 40.2 Å². The molecule has 2 heterocycles. The zero-order valence-corrected chi connectivity index (χ0v) is 22.6. The first-order valence-corrected chi connectivity index (χ1v) is 13.4. The van der Waals surface area contributed by atoms with Crippen molar-refractivity contribution in [2.24, 2.45) is 0 Å². The van der Waals surface area contributed by atoms with E-state index in [1.54, 1.807) is 0 Å². The molecule has 0 saturated carbocycles. The van der Waals surface area contributed by atoms with Gasteiger partial charge < -0.3 is 9.80 Å². The molecule has 0 unspecified atom stereocenters. The molecule has 0 aromatic heterocycles. The van der Waals surface area contributed by atoms with Gasteiger partial charge in [-0.15, -0.1) is 0 Å². The van der Waals surface area contributed by atoms with Crippen LogP contribution in [0.25, 0.3) is 0 Å². The Bertz CT molecular complexity index is 1720. The van der Waals surface area contributed by atoms with Crippen LogP contribution in [0.1, 0.15) is 49.9 Å². The van der Waals surface area contributed by atoms with Crippen molar-refractivity contribution < 1.29 is 4.39 Å². The van der Waals surface area contributed by atoms with Crippen molar-refractivity contribution in [1.29, 1.82) is 0 Å². The highest BCUT2D eigenvalue weighted by molar-refractivity contribution is 5.93. The standard InChI is InChI=1S/C36H29FN2/c1-35(2)28-13-8-9-16-32(28)39-33-22-21-27(23-31(33)36(3,4)30-15-10-14-29(35)34(30)39)38(25-11-6-5-7-12-25)26-19-17-24(37)18-20-26/h5-7,9-12,14-23H,1-4H3. The average molecular weight is 509 g/mol. The molecule has 2 aliphatic rings. The molecule has 0 spiro atoms. The van der Waals surface area contributed by atoms with Crippen molar-refractivity contribution in [3.63, 3.8) is 0 Å². The fraction of sp³-hybridized carbons (Fsp3) is 0.167. The number of hydrogen-bond donors (Lipinski definition) is 0. The number of hydrogen-bond acceptors (Lipinski definition) is 2. The molecule has 190 valence electrons. The van der Waals surface area contributed by atoms with Crippen LogP contribution in [0.5, 0.6) is 0 Å². The number of anilines is 6. The zero-order chi connectivity index (χ0) is 26.9. The fourth-order valence-electron chi connectivity index (χ4n) is 6.46. The largest absolute Gasteiger partial charge is 0.310 e. The lowest BCUT2D eigenvalue weighted by molar-refractivity contribution is 0.597. The predicted molar refractivity (Wildman–Crippen MR) is 158 cm³/mol. The fourth-order valence-corrected chi connectivity index (χ4v) is 6.46. The second kappa shape index (κ2) is 8.22. The summed E-state index contributed by atoms with van der Waals surface area (Å²) in [5, 5.41) is 0. The first kappa shape index (κ1) is 23.6. The normalized spacial score (nSPS) is 15.5. The highest BCUT2D eigenvalue weighted by atomic mass is 19.1. The van der Waals surface area contributed by atoms with Crippen LogP contribution < -0.4 is 9.80 Å². The van der Waals surface area contributed by atoms with Crippen molar-refractivity contribution in [3.8, 4) is 0 Å². The van der Waals surface area contributed by atoms with Crippen molar-refractivity contribution in [2.75, 3.05) is 9.80 Å². The van der Waals surface area contributed by atoms with Crippen LogP contribution in [0.4, 0.5) is 38.5 Å². The molecule has 39 heavy (non-hydrogen) atoms. The van der Waals surface area contributed by atoms with Crippen LogP contribution in [0.3, 0.4) is 0 Å². The molecular weight excluding hydrogens is 479 g/mol. The van der Waals surface area contributed by atoms with Gasteiger partial charge in [0, 0.05) is 33.5 Å². The first-order chi connectivity index (χ1) is 18.8. The van der Waals surface area contributed by atoms with E-state index >= 15 is 0 Å². The summed E-state index contributed by atoms with van der Waals surface area (Å²) in [5.74, 6) is -0.244. The summed E-state index contributed by atoms with van der Waals surface area (Å²) in [5.41, 5.74) is 11.2. The van der Waals surface area contributed by atoms with Gasteiger partial charge in [-0.3, -0.25) is 0 Å². The smallest absolute Gasteiger partial charge is 0.123 e.